The third kappa shape index (κ3) is 3.93. The zero-order chi connectivity index (χ0) is 15.9. The number of likely N-dealkylation sites (tertiary alicyclic amines) is 1. The van der Waals surface area contributed by atoms with Crippen LogP contribution in [0.25, 0.3) is 0 Å². The molecule has 1 aromatic carbocycles. The lowest BCUT2D eigenvalue weighted by Gasteiger charge is -2.15. The lowest BCUT2D eigenvalue weighted by atomic mass is 10.1. The van der Waals surface area contributed by atoms with E-state index in [4.69, 9.17) is 9.84 Å². The van der Waals surface area contributed by atoms with Gasteiger partial charge in [0.15, 0.2) is 12.6 Å². The number of hydrogen-bond donors (Lipinski definition) is 1. The normalized spacial score (nSPS) is 15.0. The molecule has 116 valence electrons. The van der Waals surface area contributed by atoms with Crippen molar-refractivity contribution in [3.05, 3.63) is 29.8 Å². The van der Waals surface area contributed by atoms with Gasteiger partial charge in [0, 0.05) is 13.1 Å². The Bertz CT molecular complexity index is 584. The molecule has 1 aromatic rings. The van der Waals surface area contributed by atoms with Crippen LogP contribution in [-0.4, -0.2) is 47.7 Å². The van der Waals surface area contributed by atoms with Gasteiger partial charge in [0.25, 0.3) is 5.91 Å². The number of carbonyl (C=O) groups is 2. The Balaban J connectivity index is 1.95. The Labute approximate surface area is 127 Å². The van der Waals surface area contributed by atoms with E-state index in [2.05, 4.69) is 4.99 Å². The molecule has 7 heteroatoms. The second-order valence-corrected chi connectivity index (χ2v) is 4.91. The summed E-state index contributed by atoms with van der Waals surface area (Å²) in [6.45, 7) is 1.49. The maximum absolute atomic E-state index is 11.8. The van der Waals surface area contributed by atoms with Gasteiger partial charge in [0.2, 0.25) is 6.08 Å². The number of aliphatic carboxylic acids is 1. The Morgan fingerprint density at radius 3 is 2.45 bits per heavy atom. The molecule has 1 atom stereocenters. The van der Waals surface area contributed by atoms with Crippen LogP contribution in [0.2, 0.25) is 0 Å². The summed E-state index contributed by atoms with van der Waals surface area (Å²) >= 11 is 0. The highest BCUT2D eigenvalue weighted by Crippen LogP contribution is 2.21. The summed E-state index contributed by atoms with van der Waals surface area (Å²) in [5, 5.41) is 8.97. The van der Waals surface area contributed by atoms with Crippen LogP contribution in [0.15, 0.2) is 29.3 Å². The molecule has 0 radical (unpaired) electrons. The van der Waals surface area contributed by atoms with E-state index < -0.39 is 12.0 Å². The van der Waals surface area contributed by atoms with Gasteiger partial charge in [0.1, 0.15) is 5.75 Å². The fourth-order valence-electron chi connectivity index (χ4n) is 2.27. The third-order valence-electron chi connectivity index (χ3n) is 3.43. The molecule has 2 rings (SSSR count). The summed E-state index contributed by atoms with van der Waals surface area (Å²) in [7, 11) is 0. The smallest absolute Gasteiger partial charge is 0.334 e. The van der Waals surface area contributed by atoms with E-state index >= 15 is 0 Å². The topological polar surface area (TPSA) is 96.3 Å². The number of isocyanates is 1. The van der Waals surface area contributed by atoms with Crippen molar-refractivity contribution in [3.63, 3.8) is 0 Å². The van der Waals surface area contributed by atoms with Gasteiger partial charge >= 0.3 is 5.97 Å². The number of ether oxygens (including phenoxy) is 1. The SMILES string of the molecule is O=C=NC(C(=O)O)c1ccc(OCC(=O)N2CCCC2)cc1. The van der Waals surface area contributed by atoms with Crippen molar-refractivity contribution in [2.45, 2.75) is 18.9 Å². The van der Waals surface area contributed by atoms with Crippen molar-refractivity contribution in [3.8, 4) is 5.75 Å². The number of carbonyl (C=O) groups excluding carboxylic acids is 2. The molecule has 0 spiro atoms. The Morgan fingerprint density at radius 1 is 1.27 bits per heavy atom. The zero-order valence-corrected chi connectivity index (χ0v) is 11.9. The van der Waals surface area contributed by atoms with Gasteiger partial charge in [-0.05, 0) is 30.5 Å². The molecule has 1 fully saturated rings. The summed E-state index contributed by atoms with van der Waals surface area (Å²) in [6, 6.07) is 4.80. The van der Waals surface area contributed by atoms with E-state index in [-0.39, 0.29) is 12.5 Å². The molecular formula is C15H16N2O5. The van der Waals surface area contributed by atoms with Gasteiger partial charge in [-0.1, -0.05) is 12.1 Å². The van der Waals surface area contributed by atoms with E-state index in [0.29, 0.717) is 11.3 Å². The molecule has 0 saturated carbocycles. The molecule has 0 aliphatic carbocycles. The fraction of sp³-hybridized carbons (Fsp3) is 0.400. The molecule has 1 aliphatic rings. The van der Waals surface area contributed by atoms with Crippen LogP contribution in [0.4, 0.5) is 0 Å². The van der Waals surface area contributed by atoms with Crippen molar-refractivity contribution < 1.29 is 24.2 Å². The Kier molecular flexibility index (Phi) is 5.27. The molecule has 1 aliphatic heterocycles. The predicted octanol–water partition coefficient (Wildman–Crippen LogP) is 1.15. The average Bonchev–Trinajstić information content (AvgIpc) is 3.05. The first-order valence-electron chi connectivity index (χ1n) is 6.92. The fourth-order valence-corrected chi connectivity index (χ4v) is 2.27. The molecule has 0 aromatic heterocycles. The standard InChI is InChI=1S/C15H16N2O5/c18-10-16-14(15(20)21)11-3-5-12(6-4-11)22-9-13(19)17-7-1-2-8-17/h3-6,14H,1-2,7-9H2,(H,20,21). The quantitative estimate of drug-likeness (QED) is 0.628. The third-order valence-corrected chi connectivity index (χ3v) is 3.43. The van der Waals surface area contributed by atoms with Crippen LogP contribution in [0.3, 0.4) is 0 Å². The number of benzene rings is 1. The molecule has 1 heterocycles. The predicted molar refractivity (Wildman–Crippen MR) is 76.2 cm³/mol. The lowest BCUT2D eigenvalue weighted by molar-refractivity contribution is -0.138. The number of rotatable bonds is 6. The minimum absolute atomic E-state index is 0.0474. The Hall–Kier alpha value is -2.66. The summed E-state index contributed by atoms with van der Waals surface area (Å²) in [4.78, 5) is 38.1. The first-order valence-corrected chi connectivity index (χ1v) is 6.92. The molecule has 1 N–H and O–H groups in total. The van der Waals surface area contributed by atoms with E-state index in [9.17, 15) is 14.4 Å². The van der Waals surface area contributed by atoms with Crippen LogP contribution >= 0.6 is 0 Å². The van der Waals surface area contributed by atoms with Crippen molar-refractivity contribution >= 4 is 18.0 Å². The molecular weight excluding hydrogens is 288 g/mol. The number of carboxylic acids is 1. The Morgan fingerprint density at radius 2 is 1.91 bits per heavy atom. The first kappa shape index (κ1) is 15.7. The molecule has 0 bridgehead atoms. The minimum atomic E-state index is -1.28. The van der Waals surface area contributed by atoms with Gasteiger partial charge in [-0.3, -0.25) is 4.79 Å². The van der Waals surface area contributed by atoms with Gasteiger partial charge < -0.3 is 14.7 Å². The maximum atomic E-state index is 11.8. The van der Waals surface area contributed by atoms with Crippen LogP contribution in [0.1, 0.15) is 24.4 Å². The molecule has 1 amide bonds. The van der Waals surface area contributed by atoms with Crippen LogP contribution in [-0.2, 0) is 14.4 Å². The van der Waals surface area contributed by atoms with Crippen molar-refractivity contribution in [1.29, 1.82) is 0 Å². The molecule has 22 heavy (non-hydrogen) atoms. The maximum Gasteiger partial charge on any atom is 0.334 e. The van der Waals surface area contributed by atoms with Crippen molar-refractivity contribution in [1.82, 2.24) is 4.90 Å². The lowest BCUT2D eigenvalue weighted by Crippen LogP contribution is -2.32. The number of aliphatic imine (C=N–C) groups is 1. The molecule has 7 nitrogen and oxygen atoms in total. The summed E-state index contributed by atoms with van der Waals surface area (Å²) in [6.07, 6.45) is 3.29. The average molecular weight is 304 g/mol. The van der Waals surface area contributed by atoms with E-state index in [1.165, 1.54) is 18.2 Å². The highest BCUT2D eigenvalue weighted by atomic mass is 16.5. The first-order chi connectivity index (χ1) is 10.6. The van der Waals surface area contributed by atoms with Crippen LogP contribution in [0.5, 0.6) is 5.75 Å². The highest BCUT2D eigenvalue weighted by molar-refractivity contribution is 5.78. The van der Waals surface area contributed by atoms with Crippen molar-refractivity contribution in [2.75, 3.05) is 19.7 Å². The van der Waals surface area contributed by atoms with E-state index in [1.54, 1.807) is 17.0 Å². The minimum Gasteiger partial charge on any atom is -0.484 e. The van der Waals surface area contributed by atoms with Crippen LogP contribution < -0.4 is 4.74 Å². The zero-order valence-electron chi connectivity index (χ0n) is 11.9. The van der Waals surface area contributed by atoms with E-state index in [0.717, 1.165) is 25.9 Å². The number of nitrogens with zero attached hydrogens (tertiary/aromatic N) is 2. The summed E-state index contributed by atoms with van der Waals surface area (Å²) in [5.41, 5.74) is 0.342. The summed E-state index contributed by atoms with van der Waals surface area (Å²) in [5.74, 6) is -0.840. The molecule has 1 saturated heterocycles. The van der Waals surface area contributed by atoms with Gasteiger partial charge in [-0.25, -0.2) is 9.59 Å². The summed E-state index contributed by atoms with van der Waals surface area (Å²) < 4.78 is 5.39. The second-order valence-electron chi connectivity index (χ2n) is 4.91. The van der Waals surface area contributed by atoms with Gasteiger partial charge in [-0.15, -0.1) is 0 Å². The second kappa shape index (κ2) is 7.38. The number of amides is 1. The number of carboxylic acid groups (broad SMARTS) is 1. The monoisotopic (exact) mass is 304 g/mol. The highest BCUT2D eigenvalue weighted by Gasteiger charge is 2.20. The molecule has 1 unspecified atom stereocenters. The largest absolute Gasteiger partial charge is 0.484 e. The van der Waals surface area contributed by atoms with E-state index in [1.807, 2.05) is 0 Å². The van der Waals surface area contributed by atoms with Gasteiger partial charge in [-0.2, -0.15) is 4.99 Å². The van der Waals surface area contributed by atoms with Gasteiger partial charge in [0.05, 0.1) is 0 Å². The van der Waals surface area contributed by atoms with Crippen molar-refractivity contribution in [2.24, 2.45) is 4.99 Å². The number of hydrogen-bond acceptors (Lipinski definition) is 5. The van der Waals surface area contributed by atoms with Crippen LogP contribution in [0, 0.1) is 0 Å².